The Morgan fingerprint density at radius 1 is 1.14 bits per heavy atom. The minimum Gasteiger partial charge on any atom is -0.309 e. The van der Waals surface area contributed by atoms with Gasteiger partial charge < -0.3 is 4.90 Å². The van der Waals surface area contributed by atoms with Crippen LogP contribution >= 0.6 is 23.2 Å². The minimum absolute atomic E-state index is 0.100. The number of hydrogen-bond donors (Lipinski definition) is 0. The van der Waals surface area contributed by atoms with Crippen LogP contribution in [0.3, 0.4) is 0 Å². The lowest BCUT2D eigenvalue weighted by Gasteiger charge is -2.24. The molecule has 29 heavy (non-hydrogen) atoms. The Hall–Kier alpha value is -1.74. The van der Waals surface area contributed by atoms with Gasteiger partial charge in [-0.15, -0.1) is 0 Å². The van der Waals surface area contributed by atoms with Crippen molar-refractivity contribution in [2.75, 3.05) is 20.6 Å². The highest BCUT2D eigenvalue weighted by molar-refractivity contribution is 7.90. The van der Waals surface area contributed by atoms with Crippen LogP contribution in [0.2, 0.25) is 10.0 Å². The summed E-state index contributed by atoms with van der Waals surface area (Å²) in [7, 11) is -0.578. The lowest BCUT2D eigenvalue weighted by atomic mass is 9.96. The lowest BCUT2D eigenvalue weighted by Crippen LogP contribution is -2.21. The van der Waals surface area contributed by atoms with Crippen LogP contribution in [-0.4, -0.2) is 37.9 Å². The van der Waals surface area contributed by atoms with E-state index in [0.29, 0.717) is 23.9 Å². The molecular formula is C19H15Cl2F3N2O2S. The first-order valence-electron chi connectivity index (χ1n) is 8.57. The second-order valence-corrected chi connectivity index (χ2v) is 9.75. The van der Waals surface area contributed by atoms with Gasteiger partial charge in [-0.05, 0) is 50.3 Å². The maximum absolute atomic E-state index is 13.8. The molecule has 4 nitrogen and oxygen atoms in total. The molecule has 0 N–H and O–H groups in total. The minimum atomic E-state index is -4.76. The molecule has 2 heterocycles. The molecule has 0 saturated heterocycles. The van der Waals surface area contributed by atoms with Crippen LogP contribution in [0.15, 0.2) is 35.4 Å². The van der Waals surface area contributed by atoms with E-state index >= 15 is 0 Å². The van der Waals surface area contributed by atoms with E-state index in [1.807, 2.05) is 19.0 Å². The van der Waals surface area contributed by atoms with Crippen molar-refractivity contribution in [3.63, 3.8) is 0 Å². The lowest BCUT2D eigenvalue weighted by molar-refractivity contribution is -0.137. The van der Waals surface area contributed by atoms with Gasteiger partial charge in [-0.25, -0.2) is 12.4 Å². The van der Waals surface area contributed by atoms with Gasteiger partial charge in [-0.2, -0.15) is 13.2 Å². The number of fused-ring (bicyclic) bond motifs is 2. The zero-order chi connectivity index (χ0) is 21.3. The predicted octanol–water partition coefficient (Wildman–Crippen LogP) is 5.29. The molecule has 0 fully saturated rings. The predicted molar refractivity (Wildman–Crippen MR) is 107 cm³/mol. The maximum Gasteiger partial charge on any atom is 0.417 e. The fraction of sp³-hybridized carbons (Fsp3) is 0.263. The molecule has 0 aliphatic carbocycles. The van der Waals surface area contributed by atoms with Gasteiger partial charge in [0.15, 0.2) is 0 Å². The molecule has 4 rings (SSSR count). The third kappa shape index (κ3) is 3.13. The first-order valence-corrected chi connectivity index (χ1v) is 10.8. The van der Waals surface area contributed by atoms with Crippen LogP contribution in [0.1, 0.15) is 11.1 Å². The standard InChI is InChI=1S/C19H15Cl2F3N2O2S/c1-25(2)6-5-10-9-26-17-12(10)7-11(20)8-13(17)16-14(19(22,23)24)3-4-15(21)18(16)29(26,27)28/h3-4,7-9H,5-6H2,1-2H3. The van der Waals surface area contributed by atoms with Gasteiger partial charge in [0.05, 0.1) is 16.1 Å². The molecule has 0 saturated carbocycles. The Morgan fingerprint density at radius 2 is 1.83 bits per heavy atom. The first-order chi connectivity index (χ1) is 13.4. The van der Waals surface area contributed by atoms with E-state index in [1.165, 1.54) is 12.3 Å². The van der Waals surface area contributed by atoms with E-state index in [1.54, 1.807) is 6.07 Å². The zero-order valence-corrected chi connectivity index (χ0v) is 17.6. The van der Waals surface area contributed by atoms with Crippen molar-refractivity contribution < 1.29 is 21.6 Å². The van der Waals surface area contributed by atoms with Crippen LogP contribution < -0.4 is 0 Å². The number of halogens is 5. The number of rotatable bonds is 3. The van der Waals surface area contributed by atoms with Gasteiger partial charge in [0, 0.05) is 34.3 Å². The van der Waals surface area contributed by atoms with Crippen LogP contribution in [0.4, 0.5) is 13.2 Å². The van der Waals surface area contributed by atoms with E-state index in [2.05, 4.69) is 0 Å². The van der Waals surface area contributed by atoms with Crippen LogP contribution in [-0.2, 0) is 22.6 Å². The summed E-state index contributed by atoms with van der Waals surface area (Å²) in [6.07, 6.45) is -2.81. The van der Waals surface area contributed by atoms with Crippen molar-refractivity contribution in [2.24, 2.45) is 0 Å². The van der Waals surface area contributed by atoms with Gasteiger partial charge in [0.25, 0.3) is 10.0 Å². The molecule has 1 aliphatic heterocycles. The molecule has 1 aromatic heterocycles. The van der Waals surface area contributed by atoms with Crippen LogP contribution in [0.25, 0.3) is 22.0 Å². The van der Waals surface area contributed by atoms with E-state index in [9.17, 15) is 21.6 Å². The molecule has 0 unspecified atom stereocenters. The summed E-state index contributed by atoms with van der Waals surface area (Å²) in [5.74, 6) is 0. The van der Waals surface area contributed by atoms with Gasteiger partial charge in [-0.3, -0.25) is 0 Å². The second-order valence-electron chi connectivity index (χ2n) is 7.15. The molecule has 0 radical (unpaired) electrons. The Labute approximate surface area is 175 Å². The molecule has 0 bridgehead atoms. The van der Waals surface area contributed by atoms with Gasteiger partial charge >= 0.3 is 6.18 Å². The average Bonchev–Trinajstić information content (AvgIpc) is 2.96. The normalized spacial score (nSPS) is 15.2. The maximum atomic E-state index is 13.8. The third-order valence-corrected chi connectivity index (χ3v) is 7.33. The Bertz CT molecular complexity index is 1260. The van der Waals surface area contributed by atoms with Crippen LogP contribution in [0.5, 0.6) is 0 Å². The summed E-state index contributed by atoms with van der Waals surface area (Å²) >= 11 is 12.3. The first kappa shape index (κ1) is 20.5. The second kappa shape index (κ2) is 6.63. The molecule has 0 amide bonds. The van der Waals surface area contributed by atoms with E-state index in [0.717, 1.165) is 16.1 Å². The van der Waals surface area contributed by atoms with Crippen molar-refractivity contribution in [3.05, 3.63) is 51.6 Å². The number of nitrogens with zero attached hydrogens (tertiary/aromatic N) is 2. The number of benzene rings is 2. The number of hydrogen-bond acceptors (Lipinski definition) is 3. The topological polar surface area (TPSA) is 42.3 Å². The Kier molecular flexibility index (Phi) is 4.70. The molecule has 0 atom stereocenters. The Morgan fingerprint density at radius 3 is 2.45 bits per heavy atom. The van der Waals surface area contributed by atoms with Crippen molar-refractivity contribution in [1.82, 2.24) is 8.87 Å². The Balaban J connectivity index is 2.16. The monoisotopic (exact) mass is 462 g/mol. The number of likely N-dealkylation sites (N-methyl/N-ethyl adjacent to an activating group) is 1. The summed E-state index contributed by atoms with van der Waals surface area (Å²) in [4.78, 5) is 1.37. The molecule has 2 aromatic carbocycles. The molecule has 1 aliphatic rings. The summed E-state index contributed by atoms with van der Waals surface area (Å²) in [6.45, 7) is 0.627. The number of alkyl halides is 3. The smallest absolute Gasteiger partial charge is 0.309 e. The van der Waals surface area contributed by atoms with Crippen molar-refractivity contribution >= 4 is 44.1 Å². The molecule has 154 valence electrons. The summed E-state index contributed by atoms with van der Waals surface area (Å²) in [5.41, 5.74) is -0.557. The molecular weight excluding hydrogens is 448 g/mol. The highest BCUT2D eigenvalue weighted by Gasteiger charge is 2.42. The summed E-state index contributed by atoms with van der Waals surface area (Å²) in [5, 5.41) is 0.460. The highest BCUT2D eigenvalue weighted by atomic mass is 35.5. The molecule has 0 spiro atoms. The number of aromatic nitrogens is 1. The third-order valence-electron chi connectivity index (χ3n) is 4.94. The fourth-order valence-corrected chi connectivity index (χ4v) is 6.05. The SMILES string of the molecule is CN(C)CCc1cn2c3c(cc(Cl)cc13)-c1c(C(F)(F)F)ccc(Cl)c1S2(=O)=O. The van der Waals surface area contributed by atoms with Gasteiger partial charge in [0.2, 0.25) is 0 Å². The quantitative estimate of drug-likeness (QED) is 0.415. The van der Waals surface area contributed by atoms with Crippen LogP contribution in [0, 0.1) is 0 Å². The fourth-order valence-electron chi connectivity index (χ4n) is 3.69. The summed E-state index contributed by atoms with van der Waals surface area (Å²) in [6, 6.07) is 4.70. The molecule has 10 heteroatoms. The summed E-state index contributed by atoms with van der Waals surface area (Å²) < 4.78 is 68.8. The average molecular weight is 463 g/mol. The van der Waals surface area contributed by atoms with E-state index in [4.69, 9.17) is 23.2 Å². The van der Waals surface area contributed by atoms with Crippen molar-refractivity contribution in [1.29, 1.82) is 0 Å². The van der Waals surface area contributed by atoms with Crippen molar-refractivity contribution in [3.8, 4) is 11.1 Å². The largest absolute Gasteiger partial charge is 0.417 e. The van der Waals surface area contributed by atoms with Gasteiger partial charge in [-0.1, -0.05) is 23.2 Å². The van der Waals surface area contributed by atoms with Crippen molar-refractivity contribution in [2.45, 2.75) is 17.5 Å². The highest BCUT2D eigenvalue weighted by Crippen LogP contribution is 2.50. The van der Waals surface area contributed by atoms with E-state index < -0.39 is 32.2 Å². The molecule has 3 aromatic rings. The van der Waals surface area contributed by atoms with E-state index in [-0.39, 0.29) is 21.1 Å². The zero-order valence-electron chi connectivity index (χ0n) is 15.3. The van der Waals surface area contributed by atoms with Gasteiger partial charge in [0.1, 0.15) is 4.90 Å².